The van der Waals surface area contributed by atoms with E-state index in [2.05, 4.69) is 5.32 Å². The first-order valence-corrected chi connectivity index (χ1v) is 9.44. The largest absolute Gasteiger partial charge is 0.493 e. The highest BCUT2D eigenvalue weighted by Gasteiger charge is 2.17. The van der Waals surface area contributed by atoms with E-state index < -0.39 is 0 Å². The molecular formula is C22H28N2O4. The SMILES string of the molecule is CCc1cc(OC)c(OC)cc1C(=O)Nc1ccc(C(=O)N(CC)CC)cc1. The average Bonchev–Trinajstić information content (AvgIpc) is 2.73. The van der Waals surface area contributed by atoms with Crippen molar-refractivity contribution in [3.8, 4) is 11.5 Å². The summed E-state index contributed by atoms with van der Waals surface area (Å²) in [6, 6.07) is 10.4. The predicted octanol–water partition coefficient (Wildman–Crippen LogP) is 4.00. The maximum atomic E-state index is 12.8. The summed E-state index contributed by atoms with van der Waals surface area (Å²) in [4.78, 5) is 26.9. The van der Waals surface area contributed by atoms with Crippen molar-refractivity contribution in [3.63, 3.8) is 0 Å². The second-order valence-corrected chi connectivity index (χ2v) is 6.23. The number of aryl methyl sites for hydroxylation is 1. The fourth-order valence-electron chi connectivity index (χ4n) is 3.01. The lowest BCUT2D eigenvalue weighted by atomic mass is 10.0. The van der Waals surface area contributed by atoms with E-state index in [1.54, 1.807) is 42.3 Å². The number of rotatable bonds is 8. The molecule has 6 nitrogen and oxygen atoms in total. The zero-order valence-electron chi connectivity index (χ0n) is 17.2. The number of nitrogens with zero attached hydrogens (tertiary/aromatic N) is 1. The summed E-state index contributed by atoms with van der Waals surface area (Å²) in [5.41, 5.74) is 2.62. The van der Waals surface area contributed by atoms with Gasteiger partial charge in [0.25, 0.3) is 11.8 Å². The molecule has 28 heavy (non-hydrogen) atoms. The van der Waals surface area contributed by atoms with Gasteiger partial charge in [-0.2, -0.15) is 0 Å². The normalized spacial score (nSPS) is 10.3. The number of anilines is 1. The first-order valence-electron chi connectivity index (χ1n) is 9.44. The molecule has 0 atom stereocenters. The van der Waals surface area contributed by atoms with Gasteiger partial charge in [0.1, 0.15) is 0 Å². The average molecular weight is 384 g/mol. The molecule has 0 fully saturated rings. The van der Waals surface area contributed by atoms with Gasteiger partial charge >= 0.3 is 0 Å². The summed E-state index contributed by atoms with van der Waals surface area (Å²) in [5.74, 6) is 0.844. The first-order chi connectivity index (χ1) is 13.5. The van der Waals surface area contributed by atoms with Crippen LogP contribution in [0.25, 0.3) is 0 Å². The Balaban J connectivity index is 2.22. The monoisotopic (exact) mass is 384 g/mol. The third-order valence-electron chi connectivity index (χ3n) is 4.68. The molecule has 6 heteroatoms. The summed E-state index contributed by atoms with van der Waals surface area (Å²) in [7, 11) is 3.11. The first kappa shape index (κ1) is 21.3. The Kier molecular flexibility index (Phi) is 7.44. The molecule has 0 aliphatic heterocycles. The number of ether oxygens (including phenoxy) is 2. The standard InChI is InChI=1S/C22H28N2O4/c1-6-15-13-19(27-4)20(28-5)14-18(15)21(25)23-17-11-9-16(10-12-17)22(26)24(7-2)8-3/h9-14H,6-8H2,1-5H3,(H,23,25). The van der Waals surface area contributed by atoms with Crippen LogP contribution in [0.3, 0.4) is 0 Å². The van der Waals surface area contributed by atoms with Gasteiger partial charge < -0.3 is 19.7 Å². The molecule has 0 aliphatic rings. The molecular weight excluding hydrogens is 356 g/mol. The van der Waals surface area contributed by atoms with Crippen molar-refractivity contribution in [2.24, 2.45) is 0 Å². The number of methoxy groups -OCH3 is 2. The number of nitrogens with one attached hydrogen (secondary N) is 1. The van der Waals surface area contributed by atoms with Gasteiger partial charge in [-0.3, -0.25) is 9.59 Å². The molecule has 0 radical (unpaired) electrons. The summed E-state index contributed by atoms with van der Waals surface area (Å²) in [6.45, 7) is 7.19. The second kappa shape index (κ2) is 9.78. The van der Waals surface area contributed by atoms with Gasteiger partial charge in [0.15, 0.2) is 11.5 Å². The van der Waals surface area contributed by atoms with Crippen LogP contribution in [-0.4, -0.2) is 44.0 Å². The third kappa shape index (κ3) is 4.63. The highest BCUT2D eigenvalue weighted by Crippen LogP contribution is 2.31. The zero-order valence-corrected chi connectivity index (χ0v) is 17.2. The van der Waals surface area contributed by atoms with Gasteiger partial charge in [-0.1, -0.05) is 6.92 Å². The Morgan fingerprint density at radius 3 is 2.00 bits per heavy atom. The molecule has 0 bridgehead atoms. The van der Waals surface area contributed by atoms with E-state index in [-0.39, 0.29) is 11.8 Å². The van der Waals surface area contributed by atoms with Crippen LogP contribution in [0.2, 0.25) is 0 Å². The summed E-state index contributed by atoms with van der Waals surface area (Å²) in [5, 5.41) is 2.88. The van der Waals surface area contributed by atoms with Crippen LogP contribution in [0, 0.1) is 0 Å². The van der Waals surface area contributed by atoms with Gasteiger partial charge in [-0.05, 0) is 62.2 Å². The van der Waals surface area contributed by atoms with Gasteiger partial charge in [-0.25, -0.2) is 0 Å². The molecule has 0 unspecified atom stereocenters. The quantitative estimate of drug-likeness (QED) is 0.747. The van der Waals surface area contributed by atoms with E-state index in [4.69, 9.17) is 9.47 Å². The van der Waals surface area contributed by atoms with Crippen molar-refractivity contribution < 1.29 is 19.1 Å². The minimum atomic E-state index is -0.236. The van der Waals surface area contributed by atoms with Crippen LogP contribution < -0.4 is 14.8 Å². The van der Waals surface area contributed by atoms with E-state index in [1.165, 1.54) is 7.11 Å². The van der Waals surface area contributed by atoms with Crippen molar-refractivity contribution in [1.82, 2.24) is 4.90 Å². The third-order valence-corrected chi connectivity index (χ3v) is 4.68. The van der Waals surface area contributed by atoms with Crippen LogP contribution in [-0.2, 0) is 6.42 Å². The molecule has 2 amide bonds. The molecule has 0 saturated carbocycles. The van der Waals surface area contributed by atoms with Crippen molar-refractivity contribution >= 4 is 17.5 Å². The van der Waals surface area contributed by atoms with Gasteiger partial charge in [0.2, 0.25) is 0 Å². The lowest BCUT2D eigenvalue weighted by molar-refractivity contribution is 0.0773. The molecule has 150 valence electrons. The van der Waals surface area contributed by atoms with Gasteiger partial charge in [0.05, 0.1) is 14.2 Å². The number of carbonyl (C=O) groups excluding carboxylic acids is 2. The number of hydrogen-bond donors (Lipinski definition) is 1. The van der Waals surface area contributed by atoms with Crippen molar-refractivity contribution in [1.29, 1.82) is 0 Å². The number of benzene rings is 2. The Morgan fingerprint density at radius 1 is 0.929 bits per heavy atom. The van der Waals surface area contributed by atoms with Crippen LogP contribution >= 0.6 is 0 Å². The molecule has 2 aromatic rings. The van der Waals surface area contributed by atoms with Crippen molar-refractivity contribution in [2.75, 3.05) is 32.6 Å². The number of amides is 2. The van der Waals surface area contributed by atoms with Gasteiger partial charge in [-0.15, -0.1) is 0 Å². The molecule has 2 aromatic carbocycles. The van der Waals surface area contributed by atoms with E-state index >= 15 is 0 Å². The molecule has 2 rings (SSSR count). The Morgan fingerprint density at radius 2 is 1.50 bits per heavy atom. The molecule has 0 aliphatic carbocycles. The van der Waals surface area contributed by atoms with Crippen LogP contribution in [0.1, 0.15) is 47.1 Å². The Hall–Kier alpha value is -3.02. The summed E-state index contributed by atoms with van der Waals surface area (Å²) >= 11 is 0. The van der Waals surface area contributed by atoms with Gasteiger partial charge in [0, 0.05) is 29.9 Å². The molecule has 0 saturated heterocycles. The zero-order chi connectivity index (χ0) is 20.7. The van der Waals surface area contributed by atoms with E-state index in [1.807, 2.05) is 26.8 Å². The van der Waals surface area contributed by atoms with Crippen LogP contribution in [0.5, 0.6) is 11.5 Å². The fraction of sp³-hybridized carbons (Fsp3) is 0.364. The lowest BCUT2D eigenvalue weighted by Gasteiger charge is -2.18. The predicted molar refractivity (Wildman–Crippen MR) is 111 cm³/mol. The van der Waals surface area contributed by atoms with Crippen molar-refractivity contribution in [2.45, 2.75) is 27.2 Å². The Bertz CT molecular complexity index is 827. The fourth-order valence-corrected chi connectivity index (χ4v) is 3.01. The lowest BCUT2D eigenvalue weighted by Crippen LogP contribution is -2.30. The van der Waals surface area contributed by atoms with Crippen LogP contribution in [0.15, 0.2) is 36.4 Å². The number of hydrogen-bond acceptors (Lipinski definition) is 4. The van der Waals surface area contributed by atoms with Crippen LogP contribution in [0.4, 0.5) is 5.69 Å². The highest BCUT2D eigenvalue weighted by molar-refractivity contribution is 6.06. The summed E-state index contributed by atoms with van der Waals surface area (Å²) in [6.07, 6.45) is 0.681. The number of carbonyl (C=O) groups is 2. The topological polar surface area (TPSA) is 67.9 Å². The molecule has 0 spiro atoms. The van der Waals surface area contributed by atoms with E-state index in [0.29, 0.717) is 47.8 Å². The minimum Gasteiger partial charge on any atom is -0.493 e. The van der Waals surface area contributed by atoms with E-state index in [0.717, 1.165) is 5.56 Å². The van der Waals surface area contributed by atoms with E-state index in [9.17, 15) is 9.59 Å². The molecule has 0 aromatic heterocycles. The molecule has 0 heterocycles. The summed E-state index contributed by atoms with van der Waals surface area (Å²) < 4.78 is 10.6. The maximum absolute atomic E-state index is 12.8. The second-order valence-electron chi connectivity index (χ2n) is 6.23. The van der Waals surface area contributed by atoms with Crippen molar-refractivity contribution in [3.05, 3.63) is 53.1 Å². The molecule has 1 N–H and O–H groups in total. The highest BCUT2D eigenvalue weighted by atomic mass is 16.5. The maximum Gasteiger partial charge on any atom is 0.256 e. The minimum absolute atomic E-state index is 0.0176. The Labute approximate surface area is 166 Å². The smallest absolute Gasteiger partial charge is 0.256 e.